The van der Waals surface area contributed by atoms with Crippen LogP contribution in [0.2, 0.25) is 0 Å². The minimum atomic E-state index is -0.198. The third-order valence-electron chi connectivity index (χ3n) is 23.1. The van der Waals surface area contributed by atoms with Crippen molar-refractivity contribution in [3.63, 3.8) is 0 Å². The fraction of sp³-hybridized carbons (Fsp3) is 0.0600. The van der Waals surface area contributed by atoms with E-state index in [9.17, 15) is 0 Å². The van der Waals surface area contributed by atoms with Gasteiger partial charge in [0.2, 0.25) is 11.8 Å². The molecular formula is C100H66N4O4. The number of oxazole rings is 2. The second kappa shape index (κ2) is 23.3. The molecule has 0 atom stereocenters. The Kier molecular flexibility index (Phi) is 13.3. The van der Waals surface area contributed by atoms with Gasteiger partial charge in [0.25, 0.3) is 0 Å². The van der Waals surface area contributed by atoms with E-state index in [1.165, 1.54) is 44.5 Å². The first-order valence-electron chi connectivity index (χ1n) is 37.0. The summed E-state index contributed by atoms with van der Waals surface area (Å²) in [6.07, 6.45) is 0. The van der Waals surface area contributed by atoms with Crippen LogP contribution in [-0.2, 0) is 10.8 Å². The van der Waals surface area contributed by atoms with Crippen LogP contribution in [0.4, 0.5) is 34.1 Å². The van der Waals surface area contributed by atoms with Gasteiger partial charge in [0.1, 0.15) is 33.4 Å². The Balaban J connectivity index is 0.581. The van der Waals surface area contributed by atoms with Gasteiger partial charge in [0.05, 0.1) is 0 Å². The lowest BCUT2D eigenvalue weighted by atomic mass is 9.82. The quantitative estimate of drug-likeness (QED) is 0.127. The van der Waals surface area contributed by atoms with E-state index in [-0.39, 0.29) is 10.8 Å². The maximum atomic E-state index is 6.89. The van der Waals surface area contributed by atoms with Crippen LogP contribution in [0.1, 0.15) is 49.9 Å². The van der Waals surface area contributed by atoms with E-state index < -0.39 is 0 Å². The van der Waals surface area contributed by atoms with Crippen molar-refractivity contribution in [3.8, 4) is 78.5 Å². The smallest absolute Gasteiger partial charge is 0.227 e. The highest BCUT2D eigenvalue weighted by Crippen LogP contribution is 2.54. The van der Waals surface area contributed by atoms with Gasteiger partial charge < -0.3 is 27.5 Å². The lowest BCUT2D eigenvalue weighted by Gasteiger charge is -2.28. The van der Waals surface area contributed by atoms with Gasteiger partial charge in [0.15, 0.2) is 11.2 Å². The van der Waals surface area contributed by atoms with Crippen LogP contribution in [0.25, 0.3) is 166 Å². The lowest BCUT2D eigenvalue weighted by Crippen LogP contribution is -2.16. The van der Waals surface area contributed by atoms with Crippen molar-refractivity contribution in [1.29, 1.82) is 0 Å². The van der Waals surface area contributed by atoms with Crippen LogP contribution in [0.15, 0.2) is 345 Å². The highest BCUT2D eigenvalue weighted by molar-refractivity contribution is 6.13. The minimum absolute atomic E-state index is 0.165. The predicted octanol–water partition coefficient (Wildman–Crippen LogP) is 28.0. The Bertz CT molecular complexity index is 7130. The molecule has 0 bridgehead atoms. The third kappa shape index (κ3) is 9.49. The second-order valence-corrected chi connectivity index (χ2v) is 30.0. The average molecular weight is 1390 g/mol. The summed E-state index contributed by atoms with van der Waals surface area (Å²) in [5.74, 6) is 1.17. The van der Waals surface area contributed by atoms with Gasteiger partial charge in [-0.15, -0.1) is 0 Å². The molecule has 0 radical (unpaired) electrons. The fourth-order valence-electron chi connectivity index (χ4n) is 17.7. The molecule has 0 spiro atoms. The summed E-state index contributed by atoms with van der Waals surface area (Å²) in [4.78, 5) is 14.9. The number of anilines is 6. The first-order valence-corrected chi connectivity index (χ1v) is 37.0. The molecule has 20 aromatic rings. The van der Waals surface area contributed by atoms with E-state index in [1.54, 1.807) is 0 Å². The van der Waals surface area contributed by atoms with Crippen molar-refractivity contribution in [3.05, 3.63) is 350 Å². The number of nitrogens with zero attached hydrogens (tertiary/aromatic N) is 4. The van der Waals surface area contributed by atoms with E-state index in [2.05, 4.69) is 323 Å². The number of benzene rings is 16. The van der Waals surface area contributed by atoms with E-state index in [0.717, 1.165) is 166 Å². The Labute approximate surface area is 622 Å². The van der Waals surface area contributed by atoms with Crippen molar-refractivity contribution in [2.75, 3.05) is 9.80 Å². The molecule has 0 saturated carbocycles. The summed E-state index contributed by atoms with van der Waals surface area (Å²) < 4.78 is 26.8. The van der Waals surface area contributed by atoms with Crippen LogP contribution in [0.3, 0.4) is 0 Å². The zero-order chi connectivity index (χ0) is 71.7. The summed E-state index contributed by atoms with van der Waals surface area (Å²) in [7, 11) is 0. The lowest BCUT2D eigenvalue weighted by molar-refractivity contribution is 0.622. The molecule has 2 aliphatic carbocycles. The number of para-hydroxylation sites is 1. The molecule has 16 aromatic carbocycles. The number of hydrogen-bond acceptors (Lipinski definition) is 8. The van der Waals surface area contributed by atoms with E-state index in [1.807, 2.05) is 42.5 Å². The SMILES string of the molecule is CC1(C)c2ccccc2-c2ccc(N(c3ccc(-c4cccc5c4ccc4nc(-c6cccc(-c7ccc8oc9cc(N(c%10ccc(-c%11cc%12nc(-c%13ccccc%13)oc%12c%12ccccc%11%12)cc%10)c%10ccc%11c(c%10)C(C)(C)c%10ccccc%10-%11)ccc9c8c7)c6)oc45)cc3)c3ccc4c(c3)oc3ccccc34)cc21. The Morgan fingerprint density at radius 1 is 0.222 bits per heavy atom. The molecule has 2 aliphatic rings. The van der Waals surface area contributed by atoms with Crippen molar-refractivity contribution >= 4 is 122 Å². The molecule has 4 heterocycles. The van der Waals surface area contributed by atoms with Crippen LogP contribution < -0.4 is 9.80 Å². The maximum absolute atomic E-state index is 6.89. The first-order chi connectivity index (χ1) is 53.0. The largest absolute Gasteiger partial charge is 0.456 e. The molecule has 0 saturated heterocycles. The Hall–Kier alpha value is -13.8. The molecule has 510 valence electrons. The van der Waals surface area contributed by atoms with Crippen LogP contribution >= 0.6 is 0 Å². The normalized spacial score (nSPS) is 13.3. The summed E-state index contributed by atoms with van der Waals surface area (Å²) >= 11 is 0. The van der Waals surface area contributed by atoms with Crippen LogP contribution in [0, 0.1) is 0 Å². The molecule has 22 rings (SSSR count). The third-order valence-corrected chi connectivity index (χ3v) is 23.1. The number of fused-ring (bicyclic) bond motifs is 18. The highest BCUT2D eigenvalue weighted by atomic mass is 16.4. The molecule has 8 heteroatoms. The summed E-state index contributed by atoms with van der Waals surface area (Å²) in [6.45, 7) is 9.36. The highest BCUT2D eigenvalue weighted by Gasteiger charge is 2.38. The van der Waals surface area contributed by atoms with Crippen molar-refractivity contribution < 1.29 is 17.7 Å². The summed E-state index contributed by atoms with van der Waals surface area (Å²) in [5.41, 5.74) is 31.1. The first kappa shape index (κ1) is 61.6. The maximum Gasteiger partial charge on any atom is 0.227 e. The standard InChI is InChI=1S/C100H66N4O4/c1-99(2)85-29-13-10-23-74(85)76-45-41-67(54-87(76)99)103(69-43-47-79-78-25-12-15-31-91(78)105-93(79)56-69)65-37-32-59(33-38-65)71-27-17-28-82-73(71)49-50-89-95(82)107-98(101-89)64-21-16-20-62(52-64)63-36-51-92-84(53-63)80-48-44-70(57-94(80)106-92)104(68-42-46-77-75-24-11-14-30-86(75)100(3,4)88(77)55-68)66-39-34-60(35-40-66)83-58-90-96(81-26-9-8-22-72(81)83)108-97(102-90)61-18-6-5-7-19-61/h5-58H,1-4H3. The second-order valence-electron chi connectivity index (χ2n) is 30.0. The molecular weight excluding hydrogens is 1320 g/mol. The molecule has 0 amide bonds. The monoisotopic (exact) mass is 1390 g/mol. The van der Waals surface area contributed by atoms with Gasteiger partial charge in [-0.2, -0.15) is 0 Å². The van der Waals surface area contributed by atoms with E-state index in [0.29, 0.717) is 11.8 Å². The Morgan fingerprint density at radius 2 is 0.639 bits per heavy atom. The fourth-order valence-corrected chi connectivity index (χ4v) is 17.7. The van der Waals surface area contributed by atoms with Crippen LogP contribution in [0.5, 0.6) is 0 Å². The number of furan rings is 2. The van der Waals surface area contributed by atoms with Gasteiger partial charge in [-0.05, 0) is 216 Å². The molecule has 4 aromatic heterocycles. The molecule has 0 N–H and O–H groups in total. The van der Waals surface area contributed by atoms with Crippen LogP contribution in [-0.4, -0.2) is 9.97 Å². The van der Waals surface area contributed by atoms with Crippen molar-refractivity contribution in [2.24, 2.45) is 0 Å². The van der Waals surface area contributed by atoms with E-state index in [4.69, 9.17) is 27.6 Å². The average Bonchev–Trinajstić information content (AvgIpc) is 1.59. The number of aromatic nitrogens is 2. The molecule has 108 heavy (non-hydrogen) atoms. The Morgan fingerprint density at radius 3 is 1.30 bits per heavy atom. The zero-order valence-corrected chi connectivity index (χ0v) is 59.6. The minimum Gasteiger partial charge on any atom is -0.456 e. The molecule has 0 unspecified atom stereocenters. The summed E-state index contributed by atoms with van der Waals surface area (Å²) in [5, 5.41) is 8.48. The van der Waals surface area contributed by atoms with Gasteiger partial charge >= 0.3 is 0 Å². The van der Waals surface area contributed by atoms with Crippen molar-refractivity contribution in [1.82, 2.24) is 9.97 Å². The van der Waals surface area contributed by atoms with Gasteiger partial charge in [-0.3, -0.25) is 0 Å². The molecule has 0 fully saturated rings. The topological polar surface area (TPSA) is 84.8 Å². The van der Waals surface area contributed by atoms with Gasteiger partial charge in [0, 0.05) is 101 Å². The van der Waals surface area contributed by atoms with Gasteiger partial charge in [-0.25, -0.2) is 9.97 Å². The van der Waals surface area contributed by atoms with Gasteiger partial charge in [-0.1, -0.05) is 216 Å². The predicted molar refractivity (Wildman–Crippen MR) is 443 cm³/mol. The molecule has 0 aliphatic heterocycles. The zero-order valence-electron chi connectivity index (χ0n) is 59.6. The number of rotatable bonds is 11. The van der Waals surface area contributed by atoms with E-state index >= 15 is 0 Å². The summed E-state index contributed by atoms with van der Waals surface area (Å²) in [6, 6.07) is 117. The molecule has 8 nitrogen and oxygen atoms in total. The number of hydrogen-bond donors (Lipinski definition) is 0. The van der Waals surface area contributed by atoms with Crippen molar-refractivity contribution in [2.45, 2.75) is 38.5 Å².